The summed E-state index contributed by atoms with van der Waals surface area (Å²) >= 11 is 0. The monoisotopic (exact) mass is 437 g/mol. The predicted octanol–water partition coefficient (Wildman–Crippen LogP) is 4.62. The molecule has 0 saturated heterocycles. The van der Waals surface area contributed by atoms with Gasteiger partial charge in [0.2, 0.25) is 5.91 Å². The van der Waals surface area contributed by atoms with Crippen LogP contribution in [-0.2, 0) is 11.3 Å². The van der Waals surface area contributed by atoms with Gasteiger partial charge < -0.3 is 9.88 Å². The van der Waals surface area contributed by atoms with Crippen molar-refractivity contribution < 1.29 is 14.4 Å². The van der Waals surface area contributed by atoms with Gasteiger partial charge in [-0.05, 0) is 36.2 Å². The summed E-state index contributed by atoms with van der Waals surface area (Å²) < 4.78 is 2.10. The predicted molar refractivity (Wildman–Crippen MR) is 127 cm³/mol. The van der Waals surface area contributed by atoms with Gasteiger partial charge in [-0.25, -0.2) is 0 Å². The fraction of sp³-hybridized carbons (Fsp3) is 0.148. The number of benzene rings is 3. The van der Waals surface area contributed by atoms with Crippen molar-refractivity contribution in [1.29, 1.82) is 0 Å². The van der Waals surface area contributed by atoms with E-state index < -0.39 is 0 Å². The third-order valence-electron chi connectivity index (χ3n) is 6.11. The first-order valence-electron chi connectivity index (χ1n) is 10.9. The number of aromatic nitrogens is 1. The maximum absolute atomic E-state index is 12.9. The molecule has 164 valence electrons. The van der Waals surface area contributed by atoms with Crippen LogP contribution in [0.5, 0.6) is 0 Å². The molecule has 0 aliphatic carbocycles. The molecular weight excluding hydrogens is 414 g/mol. The van der Waals surface area contributed by atoms with Crippen LogP contribution in [0.3, 0.4) is 0 Å². The molecule has 2 heterocycles. The van der Waals surface area contributed by atoms with Gasteiger partial charge in [0, 0.05) is 24.9 Å². The molecule has 0 unspecified atom stereocenters. The van der Waals surface area contributed by atoms with Crippen LogP contribution in [0.15, 0.2) is 78.9 Å². The minimum atomic E-state index is -0.349. The molecule has 0 saturated carbocycles. The molecule has 0 radical (unpaired) electrons. The summed E-state index contributed by atoms with van der Waals surface area (Å²) in [7, 11) is 0. The lowest BCUT2D eigenvalue weighted by molar-refractivity contribution is -0.116. The number of carbonyl (C=O) groups is 3. The highest BCUT2D eigenvalue weighted by Crippen LogP contribution is 2.31. The average molecular weight is 437 g/mol. The number of nitrogens with one attached hydrogen (secondary N) is 1. The molecular formula is C27H23N3O3. The number of aryl methyl sites for hydroxylation is 1. The average Bonchev–Trinajstić information content (AvgIpc) is 3.24. The molecule has 4 aromatic rings. The van der Waals surface area contributed by atoms with Crippen LogP contribution in [0, 0.1) is 6.92 Å². The number of imide groups is 1. The molecule has 1 aliphatic heterocycles. The van der Waals surface area contributed by atoms with Gasteiger partial charge in [-0.3, -0.25) is 19.3 Å². The van der Waals surface area contributed by atoms with Gasteiger partial charge in [-0.1, -0.05) is 60.7 Å². The number of nitrogens with zero attached hydrogens (tertiary/aromatic N) is 2. The van der Waals surface area contributed by atoms with Gasteiger partial charge in [-0.15, -0.1) is 0 Å². The summed E-state index contributed by atoms with van der Waals surface area (Å²) in [5.74, 6) is -0.213. The molecule has 1 aromatic heterocycles. The summed E-state index contributed by atoms with van der Waals surface area (Å²) in [6.07, 6.45) is 0.0256. The summed E-state index contributed by atoms with van der Waals surface area (Å²) in [5.41, 5.74) is 3.92. The second-order valence-corrected chi connectivity index (χ2v) is 8.17. The Labute approximate surface area is 191 Å². The van der Waals surface area contributed by atoms with Crippen molar-refractivity contribution in [2.75, 3.05) is 11.9 Å². The molecule has 3 aromatic carbocycles. The topological polar surface area (TPSA) is 71.4 Å². The highest BCUT2D eigenvalue weighted by atomic mass is 16.2. The number of anilines is 1. The summed E-state index contributed by atoms with van der Waals surface area (Å²) in [5, 5.41) is 4.11. The van der Waals surface area contributed by atoms with Crippen LogP contribution in [-0.4, -0.2) is 33.7 Å². The fourth-order valence-corrected chi connectivity index (χ4v) is 4.42. The summed E-state index contributed by atoms with van der Waals surface area (Å²) in [6, 6.07) is 24.9. The van der Waals surface area contributed by atoms with E-state index in [0.29, 0.717) is 17.7 Å². The summed E-state index contributed by atoms with van der Waals surface area (Å²) in [4.78, 5) is 39.2. The van der Waals surface area contributed by atoms with E-state index in [2.05, 4.69) is 22.0 Å². The lowest BCUT2D eigenvalue weighted by Crippen LogP contribution is -2.33. The van der Waals surface area contributed by atoms with E-state index in [0.717, 1.165) is 32.7 Å². The Morgan fingerprint density at radius 2 is 1.42 bits per heavy atom. The number of rotatable bonds is 6. The van der Waals surface area contributed by atoms with E-state index in [4.69, 9.17) is 0 Å². The first kappa shape index (κ1) is 20.7. The smallest absolute Gasteiger partial charge is 0.261 e. The third kappa shape index (κ3) is 3.69. The number of carbonyl (C=O) groups excluding carboxylic acids is 3. The minimum absolute atomic E-state index is 0.0256. The Morgan fingerprint density at radius 3 is 2.12 bits per heavy atom. The number of hydrogen-bond acceptors (Lipinski definition) is 3. The Morgan fingerprint density at radius 1 is 0.818 bits per heavy atom. The zero-order valence-electron chi connectivity index (χ0n) is 18.2. The molecule has 1 N–H and O–H groups in total. The lowest BCUT2D eigenvalue weighted by Gasteiger charge is -2.15. The number of para-hydroxylation sites is 1. The molecule has 5 rings (SSSR count). The number of fused-ring (bicyclic) bond motifs is 2. The highest BCUT2D eigenvalue weighted by Gasteiger charge is 2.35. The Bertz CT molecular complexity index is 1350. The minimum Gasteiger partial charge on any atom is -0.323 e. The van der Waals surface area contributed by atoms with Crippen molar-refractivity contribution in [3.05, 3.63) is 101 Å². The van der Waals surface area contributed by atoms with Crippen LogP contribution >= 0.6 is 0 Å². The first-order valence-corrected chi connectivity index (χ1v) is 10.9. The second-order valence-electron chi connectivity index (χ2n) is 8.17. The van der Waals surface area contributed by atoms with Crippen LogP contribution in [0.1, 0.15) is 38.3 Å². The largest absolute Gasteiger partial charge is 0.323 e. The molecule has 3 amide bonds. The van der Waals surface area contributed by atoms with E-state index in [1.54, 1.807) is 24.3 Å². The van der Waals surface area contributed by atoms with Crippen molar-refractivity contribution in [3.8, 4) is 0 Å². The fourth-order valence-electron chi connectivity index (χ4n) is 4.42. The third-order valence-corrected chi connectivity index (χ3v) is 6.11. The maximum atomic E-state index is 12.9. The van der Waals surface area contributed by atoms with Crippen molar-refractivity contribution in [2.45, 2.75) is 19.9 Å². The van der Waals surface area contributed by atoms with E-state index in [1.807, 2.05) is 49.4 Å². The van der Waals surface area contributed by atoms with Crippen LogP contribution < -0.4 is 5.32 Å². The van der Waals surface area contributed by atoms with Crippen molar-refractivity contribution in [3.63, 3.8) is 0 Å². The Balaban J connectivity index is 1.36. The molecule has 0 fully saturated rings. The van der Waals surface area contributed by atoms with Crippen LogP contribution in [0.25, 0.3) is 10.9 Å². The first-order chi connectivity index (χ1) is 16.0. The zero-order chi connectivity index (χ0) is 22.9. The van der Waals surface area contributed by atoms with Gasteiger partial charge in [0.15, 0.2) is 0 Å². The Kier molecular flexibility index (Phi) is 5.26. The number of amides is 3. The van der Waals surface area contributed by atoms with Gasteiger partial charge >= 0.3 is 0 Å². The maximum Gasteiger partial charge on any atom is 0.261 e. The van der Waals surface area contributed by atoms with Crippen molar-refractivity contribution >= 4 is 34.4 Å². The van der Waals surface area contributed by atoms with Gasteiger partial charge in [0.1, 0.15) is 5.82 Å². The lowest BCUT2D eigenvalue weighted by atomic mass is 10.1. The highest BCUT2D eigenvalue weighted by molar-refractivity contribution is 6.21. The second kappa shape index (κ2) is 8.39. The molecule has 6 nitrogen and oxygen atoms in total. The van der Waals surface area contributed by atoms with Gasteiger partial charge in [0.05, 0.1) is 16.6 Å². The zero-order valence-corrected chi connectivity index (χ0v) is 18.2. The van der Waals surface area contributed by atoms with E-state index in [-0.39, 0.29) is 30.7 Å². The Hall–Kier alpha value is -4.19. The van der Waals surface area contributed by atoms with Gasteiger partial charge in [-0.2, -0.15) is 0 Å². The molecule has 33 heavy (non-hydrogen) atoms. The number of hydrogen-bond donors (Lipinski definition) is 1. The quantitative estimate of drug-likeness (QED) is 0.448. The SMILES string of the molecule is Cc1c(NC(=O)CCN2C(=O)c3ccccc3C2=O)n(Cc2ccccc2)c2ccccc12. The van der Waals surface area contributed by atoms with E-state index >= 15 is 0 Å². The molecule has 6 heteroatoms. The van der Waals surface area contributed by atoms with E-state index in [9.17, 15) is 14.4 Å². The standard InChI is InChI=1S/C27H23N3O3/c1-18-20-11-7-8-14-23(20)30(17-19-9-3-2-4-10-19)25(18)28-24(31)15-16-29-26(32)21-12-5-6-13-22(21)27(29)33/h2-14H,15-17H2,1H3,(H,28,31). The molecule has 0 bridgehead atoms. The van der Waals surface area contributed by atoms with Gasteiger partial charge in [0.25, 0.3) is 11.8 Å². The van der Waals surface area contributed by atoms with E-state index in [1.165, 1.54) is 0 Å². The molecule has 0 atom stereocenters. The van der Waals surface area contributed by atoms with Crippen molar-refractivity contribution in [1.82, 2.24) is 9.47 Å². The molecule has 0 spiro atoms. The van der Waals surface area contributed by atoms with Crippen LogP contribution in [0.2, 0.25) is 0 Å². The van der Waals surface area contributed by atoms with Crippen LogP contribution in [0.4, 0.5) is 5.82 Å². The summed E-state index contributed by atoms with van der Waals surface area (Å²) in [6.45, 7) is 2.64. The van der Waals surface area contributed by atoms with Crippen molar-refractivity contribution in [2.24, 2.45) is 0 Å². The normalized spacial score (nSPS) is 12.9. The molecule has 1 aliphatic rings.